The van der Waals surface area contributed by atoms with Gasteiger partial charge in [-0.05, 0) is 12.5 Å². The first-order chi connectivity index (χ1) is 9.38. The van der Waals surface area contributed by atoms with Crippen LogP contribution in [0.1, 0.15) is 38.2 Å². The molecule has 3 nitrogen and oxygen atoms in total. The highest BCUT2D eigenvalue weighted by Gasteiger charge is 2.02. The molecule has 0 bridgehead atoms. The van der Waals surface area contributed by atoms with Crippen LogP contribution in [0.4, 0.5) is 0 Å². The molecule has 0 unspecified atom stereocenters. The van der Waals surface area contributed by atoms with Crippen molar-refractivity contribution in [1.29, 1.82) is 0 Å². The van der Waals surface area contributed by atoms with Gasteiger partial charge in [-0.2, -0.15) is 0 Å². The average Bonchev–Trinajstić information content (AvgIpc) is 2.45. The second-order valence-electron chi connectivity index (χ2n) is 4.69. The summed E-state index contributed by atoms with van der Waals surface area (Å²) in [7, 11) is 1.72. The van der Waals surface area contributed by atoms with Crippen molar-refractivity contribution in [2.75, 3.05) is 26.9 Å². The Morgan fingerprint density at radius 1 is 1.05 bits per heavy atom. The van der Waals surface area contributed by atoms with Crippen molar-refractivity contribution in [3.8, 4) is 5.75 Å². The van der Waals surface area contributed by atoms with Crippen molar-refractivity contribution in [3.05, 3.63) is 29.8 Å². The Bertz CT molecular complexity index is 328. The number of nitrogens with one attached hydrogen (secondary N) is 1. The predicted molar refractivity (Wildman–Crippen MR) is 79.7 cm³/mol. The first kappa shape index (κ1) is 16.0. The highest BCUT2D eigenvalue weighted by Crippen LogP contribution is 2.18. The van der Waals surface area contributed by atoms with Gasteiger partial charge >= 0.3 is 0 Å². The fourth-order valence-electron chi connectivity index (χ4n) is 1.90. The Hall–Kier alpha value is -1.06. The van der Waals surface area contributed by atoms with Gasteiger partial charge in [0.25, 0.3) is 0 Å². The molecule has 0 saturated heterocycles. The maximum absolute atomic E-state index is 5.87. The molecule has 0 fully saturated rings. The first-order valence-corrected chi connectivity index (χ1v) is 7.28. The third-order valence-electron chi connectivity index (χ3n) is 3.03. The highest BCUT2D eigenvalue weighted by atomic mass is 16.5. The number of rotatable bonds is 11. The summed E-state index contributed by atoms with van der Waals surface area (Å²) in [5, 5.41) is 3.35. The second-order valence-corrected chi connectivity index (χ2v) is 4.69. The molecule has 0 amide bonds. The summed E-state index contributed by atoms with van der Waals surface area (Å²) >= 11 is 0. The Kier molecular flexibility index (Phi) is 9.11. The van der Waals surface area contributed by atoms with E-state index in [2.05, 4.69) is 24.4 Å². The van der Waals surface area contributed by atoms with E-state index >= 15 is 0 Å². The summed E-state index contributed by atoms with van der Waals surface area (Å²) in [6, 6.07) is 8.24. The maximum atomic E-state index is 5.87. The average molecular weight is 265 g/mol. The van der Waals surface area contributed by atoms with Crippen molar-refractivity contribution >= 4 is 0 Å². The topological polar surface area (TPSA) is 30.5 Å². The van der Waals surface area contributed by atoms with Crippen LogP contribution >= 0.6 is 0 Å². The molecule has 1 aromatic carbocycles. The highest BCUT2D eigenvalue weighted by molar-refractivity contribution is 5.33. The minimum absolute atomic E-state index is 0.736. The molecule has 1 aromatic rings. The van der Waals surface area contributed by atoms with E-state index in [4.69, 9.17) is 9.47 Å². The Morgan fingerprint density at radius 3 is 2.68 bits per heavy atom. The molecule has 1 N–H and O–H groups in total. The van der Waals surface area contributed by atoms with Crippen molar-refractivity contribution in [1.82, 2.24) is 5.32 Å². The standard InChI is InChI=1S/C16H27NO2/c1-3-4-5-8-12-19-16-10-7-6-9-15(16)14-17-11-13-18-2/h6-7,9-10,17H,3-5,8,11-14H2,1-2H3. The van der Waals surface area contributed by atoms with Crippen molar-refractivity contribution in [2.45, 2.75) is 39.2 Å². The maximum Gasteiger partial charge on any atom is 0.123 e. The lowest BCUT2D eigenvalue weighted by molar-refractivity contribution is 0.199. The number of benzene rings is 1. The monoisotopic (exact) mass is 265 g/mol. The minimum atomic E-state index is 0.736. The molecule has 3 heteroatoms. The van der Waals surface area contributed by atoms with Crippen LogP contribution < -0.4 is 10.1 Å². The zero-order chi connectivity index (χ0) is 13.8. The van der Waals surface area contributed by atoms with Crippen LogP contribution in [0.3, 0.4) is 0 Å². The van der Waals surface area contributed by atoms with Gasteiger partial charge in [-0.15, -0.1) is 0 Å². The molecule has 0 saturated carbocycles. The zero-order valence-electron chi connectivity index (χ0n) is 12.3. The van der Waals surface area contributed by atoms with Crippen molar-refractivity contribution < 1.29 is 9.47 Å². The Morgan fingerprint density at radius 2 is 1.89 bits per heavy atom. The molecular weight excluding hydrogens is 238 g/mol. The first-order valence-electron chi connectivity index (χ1n) is 7.28. The van der Waals surface area contributed by atoms with Crippen molar-refractivity contribution in [3.63, 3.8) is 0 Å². The van der Waals surface area contributed by atoms with Gasteiger partial charge in [0.05, 0.1) is 13.2 Å². The normalized spacial score (nSPS) is 10.6. The van der Waals surface area contributed by atoms with Gasteiger partial charge in [0.2, 0.25) is 0 Å². The van der Waals surface area contributed by atoms with Crippen LogP contribution in [0.5, 0.6) is 5.75 Å². The van der Waals surface area contributed by atoms with Gasteiger partial charge in [0.1, 0.15) is 5.75 Å². The molecule has 0 aliphatic carbocycles. The molecule has 0 aromatic heterocycles. The largest absolute Gasteiger partial charge is 0.493 e. The second kappa shape index (κ2) is 10.8. The van der Waals surface area contributed by atoms with Crippen molar-refractivity contribution in [2.24, 2.45) is 0 Å². The summed E-state index contributed by atoms with van der Waals surface area (Å²) in [5.41, 5.74) is 1.22. The smallest absolute Gasteiger partial charge is 0.123 e. The molecule has 0 heterocycles. The predicted octanol–water partition coefficient (Wildman–Crippen LogP) is 3.38. The molecule has 0 aliphatic rings. The zero-order valence-corrected chi connectivity index (χ0v) is 12.3. The van der Waals surface area contributed by atoms with Crippen LogP contribution in [-0.2, 0) is 11.3 Å². The van der Waals surface area contributed by atoms with E-state index in [1.54, 1.807) is 7.11 Å². The lowest BCUT2D eigenvalue weighted by Crippen LogP contribution is -2.19. The van der Waals surface area contributed by atoms with Crippen LogP contribution in [0.15, 0.2) is 24.3 Å². The number of hydrogen-bond acceptors (Lipinski definition) is 3. The van der Waals surface area contributed by atoms with Crippen LogP contribution in [-0.4, -0.2) is 26.9 Å². The fourth-order valence-corrected chi connectivity index (χ4v) is 1.90. The number of methoxy groups -OCH3 is 1. The molecule has 19 heavy (non-hydrogen) atoms. The van der Waals surface area contributed by atoms with E-state index < -0.39 is 0 Å². The van der Waals surface area contributed by atoms with E-state index in [9.17, 15) is 0 Å². The molecule has 108 valence electrons. The van der Waals surface area contributed by atoms with Gasteiger partial charge in [0.15, 0.2) is 0 Å². The molecule has 0 spiro atoms. The van der Waals surface area contributed by atoms with E-state index in [0.717, 1.165) is 38.5 Å². The molecule has 0 aliphatic heterocycles. The lowest BCUT2D eigenvalue weighted by Gasteiger charge is -2.12. The summed E-state index contributed by atoms with van der Waals surface area (Å²) in [6.45, 7) is 5.47. The van der Waals surface area contributed by atoms with Gasteiger partial charge in [0, 0.05) is 25.8 Å². The van der Waals surface area contributed by atoms with Gasteiger partial charge < -0.3 is 14.8 Å². The Balaban J connectivity index is 2.31. The summed E-state index contributed by atoms with van der Waals surface area (Å²) < 4.78 is 10.9. The quantitative estimate of drug-likeness (QED) is 0.622. The summed E-state index contributed by atoms with van der Waals surface area (Å²) in [4.78, 5) is 0. The fraction of sp³-hybridized carbons (Fsp3) is 0.625. The van der Waals surface area contributed by atoms with Crippen LogP contribution in [0.2, 0.25) is 0 Å². The van der Waals surface area contributed by atoms with Gasteiger partial charge in [-0.25, -0.2) is 0 Å². The molecule has 1 rings (SSSR count). The number of unbranched alkanes of at least 4 members (excludes halogenated alkanes) is 3. The SMILES string of the molecule is CCCCCCOc1ccccc1CNCCOC. The van der Waals surface area contributed by atoms with Crippen LogP contribution in [0.25, 0.3) is 0 Å². The summed E-state index contributed by atoms with van der Waals surface area (Å²) in [5.74, 6) is 1.00. The third-order valence-corrected chi connectivity index (χ3v) is 3.03. The van der Waals surface area contributed by atoms with E-state index in [-0.39, 0.29) is 0 Å². The van der Waals surface area contributed by atoms with Gasteiger partial charge in [-0.3, -0.25) is 0 Å². The van der Waals surface area contributed by atoms with E-state index in [1.165, 1.54) is 24.8 Å². The number of para-hydroxylation sites is 1. The molecule has 0 atom stereocenters. The Labute approximate surface area is 117 Å². The third kappa shape index (κ3) is 7.19. The number of ether oxygens (including phenoxy) is 2. The van der Waals surface area contributed by atoms with E-state index in [1.807, 2.05) is 12.1 Å². The van der Waals surface area contributed by atoms with Crippen LogP contribution in [0, 0.1) is 0 Å². The molecular formula is C16H27NO2. The van der Waals surface area contributed by atoms with E-state index in [0.29, 0.717) is 0 Å². The number of hydrogen-bond donors (Lipinski definition) is 1. The minimum Gasteiger partial charge on any atom is -0.493 e. The molecule has 0 radical (unpaired) electrons. The summed E-state index contributed by atoms with van der Waals surface area (Å²) in [6.07, 6.45) is 4.95. The lowest BCUT2D eigenvalue weighted by atomic mass is 10.2. The van der Waals surface area contributed by atoms with Gasteiger partial charge in [-0.1, -0.05) is 44.4 Å².